The van der Waals surface area contributed by atoms with Crippen molar-refractivity contribution in [3.05, 3.63) is 23.8 Å². The normalized spacial score (nSPS) is 23.8. The van der Waals surface area contributed by atoms with Crippen LogP contribution in [0.5, 0.6) is 0 Å². The van der Waals surface area contributed by atoms with E-state index < -0.39 is 0 Å². The van der Waals surface area contributed by atoms with E-state index in [4.69, 9.17) is 0 Å². The number of aryl methyl sites for hydroxylation is 1. The molecule has 1 aromatic heterocycles. The Bertz CT molecular complexity index is 366. The van der Waals surface area contributed by atoms with Gasteiger partial charge in [-0.3, -0.25) is 14.9 Å². The van der Waals surface area contributed by atoms with Crippen molar-refractivity contribution in [2.24, 2.45) is 0 Å². The summed E-state index contributed by atoms with van der Waals surface area (Å²) in [5, 5.41) is 0.867. The second-order valence-corrected chi connectivity index (χ2v) is 6.69. The fourth-order valence-corrected chi connectivity index (χ4v) is 3.72. The van der Waals surface area contributed by atoms with E-state index in [9.17, 15) is 0 Å². The Balaban J connectivity index is 1.85. The van der Waals surface area contributed by atoms with Crippen LogP contribution in [-0.2, 0) is 6.54 Å². The minimum atomic E-state index is 0.720. The zero-order valence-corrected chi connectivity index (χ0v) is 12.4. The lowest BCUT2D eigenvalue weighted by Crippen LogP contribution is -2.29. The van der Waals surface area contributed by atoms with Crippen LogP contribution in [0.25, 0.3) is 0 Å². The lowest BCUT2D eigenvalue weighted by molar-refractivity contribution is 0.235. The minimum absolute atomic E-state index is 0.720. The van der Waals surface area contributed by atoms with Crippen LogP contribution in [0.1, 0.15) is 37.6 Å². The van der Waals surface area contributed by atoms with Crippen molar-refractivity contribution in [1.82, 2.24) is 14.9 Å². The summed E-state index contributed by atoms with van der Waals surface area (Å²) in [5.41, 5.74) is 2.07. The van der Waals surface area contributed by atoms with Gasteiger partial charge in [-0.1, -0.05) is 6.92 Å². The Morgan fingerprint density at radius 3 is 2.83 bits per heavy atom. The van der Waals surface area contributed by atoms with Crippen molar-refractivity contribution in [3.63, 3.8) is 0 Å². The van der Waals surface area contributed by atoms with Crippen molar-refractivity contribution < 1.29 is 0 Å². The molecule has 1 aromatic rings. The molecule has 4 heteroatoms. The molecule has 1 aliphatic rings. The van der Waals surface area contributed by atoms with Crippen LogP contribution in [0.2, 0.25) is 0 Å². The van der Waals surface area contributed by atoms with Gasteiger partial charge in [0, 0.05) is 30.2 Å². The van der Waals surface area contributed by atoms with Crippen LogP contribution in [0, 0.1) is 6.92 Å². The molecule has 0 amide bonds. The van der Waals surface area contributed by atoms with Crippen molar-refractivity contribution >= 4 is 11.8 Å². The molecule has 3 nitrogen and oxygen atoms in total. The smallest absolute Gasteiger partial charge is 0.0727 e. The topological polar surface area (TPSA) is 29.0 Å². The third-order valence-corrected chi connectivity index (χ3v) is 4.86. The molecular weight excluding hydrogens is 242 g/mol. The van der Waals surface area contributed by atoms with Gasteiger partial charge >= 0.3 is 0 Å². The monoisotopic (exact) mass is 265 g/mol. The SMILES string of the molecule is CCSC1CCC(N(C)Cc2cnc(C)cn2)C1. The zero-order valence-electron chi connectivity index (χ0n) is 11.6. The Labute approximate surface area is 114 Å². The van der Waals surface area contributed by atoms with E-state index in [2.05, 4.69) is 40.6 Å². The zero-order chi connectivity index (χ0) is 13.0. The molecule has 1 fully saturated rings. The van der Waals surface area contributed by atoms with Gasteiger partial charge in [0.15, 0.2) is 0 Å². The average Bonchev–Trinajstić information content (AvgIpc) is 2.81. The number of rotatable bonds is 5. The van der Waals surface area contributed by atoms with Gasteiger partial charge in [-0.05, 0) is 39.0 Å². The maximum absolute atomic E-state index is 4.44. The van der Waals surface area contributed by atoms with Crippen molar-refractivity contribution in [2.45, 2.75) is 50.9 Å². The van der Waals surface area contributed by atoms with Crippen molar-refractivity contribution in [1.29, 1.82) is 0 Å². The largest absolute Gasteiger partial charge is 0.297 e. The van der Waals surface area contributed by atoms with Gasteiger partial charge in [0.1, 0.15) is 0 Å². The third-order valence-electron chi connectivity index (χ3n) is 3.63. The van der Waals surface area contributed by atoms with Crippen LogP contribution in [0.3, 0.4) is 0 Å². The summed E-state index contributed by atoms with van der Waals surface area (Å²) in [4.78, 5) is 11.2. The number of hydrogen-bond donors (Lipinski definition) is 0. The van der Waals surface area contributed by atoms with Gasteiger partial charge in [-0.2, -0.15) is 11.8 Å². The van der Waals surface area contributed by atoms with E-state index in [1.807, 2.05) is 19.3 Å². The molecule has 1 heterocycles. The second-order valence-electron chi connectivity index (χ2n) is 5.11. The molecule has 0 aliphatic heterocycles. The third kappa shape index (κ3) is 3.69. The Morgan fingerprint density at radius 1 is 1.33 bits per heavy atom. The Morgan fingerprint density at radius 2 is 2.17 bits per heavy atom. The van der Waals surface area contributed by atoms with E-state index in [1.54, 1.807) is 0 Å². The Kier molecular flexibility index (Phi) is 5.01. The summed E-state index contributed by atoms with van der Waals surface area (Å²) in [6.45, 7) is 5.15. The fraction of sp³-hybridized carbons (Fsp3) is 0.714. The molecule has 0 bridgehead atoms. The summed E-state index contributed by atoms with van der Waals surface area (Å²) >= 11 is 2.11. The molecule has 0 radical (unpaired) electrons. The summed E-state index contributed by atoms with van der Waals surface area (Å²) < 4.78 is 0. The Hall–Kier alpha value is -0.610. The highest BCUT2D eigenvalue weighted by molar-refractivity contribution is 7.99. The highest BCUT2D eigenvalue weighted by atomic mass is 32.2. The van der Waals surface area contributed by atoms with Gasteiger partial charge in [0.2, 0.25) is 0 Å². The molecule has 1 aliphatic carbocycles. The van der Waals surface area contributed by atoms with Crippen LogP contribution in [0.15, 0.2) is 12.4 Å². The lowest BCUT2D eigenvalue weighted by atomic mass is 10.2. The molecule has 100 valence electrons. The second kappa shape index (κ2) is 6.53. The van der Waals surface area contributed by atoms with Crippen LogP contribution < -0.4 is 0 Å². The van der Waals surface area contributed by atoms with E-state index >= 15 is 0 Å². The van der Waals surface area contributed by atoms with Crippen LogP contribution in [0.4, 0.5) is 0 Å². The average molecular weight is 265 g/mol. The maximum Gasteiger partial charge on any atom is 0.0727 e. The molecule has 0 N–H and O–H groups in total. The molecule has 0 saturated heterocycles. The van der Waals surface area contributed by atoms with Gasteiger partial charge in [-0.25, -0.2) is 0 Å². The molecule has 2 rings (SSSR count). The summed E-state index contributed by atoms with van der Waals surface area (Å²) in [6.07, 6.45) is 7.78. The van der Waals surface area contributed by atoms with E-state index in [-0.39, 0.29) is 0 Å². The quantitative estimate of drug-likeness (QED) is 0.818. The van der Waals surface area contributed by atoms with E-state index in [0.717, 1.165) is 29.2 Å². The molecule has 2 unspecified atom stereocenters. The predicted octanol–water partition coefficient (Wildman–Crippen LogP) is 2.89. The number of thioether (sulfide) groups is 1. The van der Waals surface area contributed by atoms with E-state index in [0.29, 0.717) is 0 Å². The number of aromatic nitrogens is 2. The summed E-state index contributed by atoms with van der Waals surface area (Å²) in [5.74, 6) is 1.24. The standard InChI is InChI=1S/C14H23N3S/c1-4-18-14-6-5-13(7-14)17(3)10-12-9-15-11(2)8-16-12/h8-9,13-14H,4-7,10H2,1-3H3. The number of nitrogens with zero attached hydrogens (tertiary/aromatic N) is 3. The molecule has 1 saturated carbocycles. The molecule has 18 heavy (non-hydrogen) atoms. The van der Waals surface area contributed by atoms with Gasteiger partial charge in [0.05, 0.1) is 11.4 Å². The first kappa shape index (κ1) is 13.8. The molecule has 2 atom stereocenters. The molecule has 0 aromatic carbocycles. The van der Waals surface area contributed by atoms with Crippen molar-refractivity contribution in [3.8, 4) is 0 Å². The predicted molar refractivity (Wildman–Crippen MR) is 77.8 cm³/mol. The maximum atomic E-state index is 4.44. The number of hydrogen-bond acceptors (Lipinski definition) is 4. The van der Waals surface area contributed by atoms with Gasteiger partial charge in [-0.15, -0.1) is 0 Å². The molecule has 0 spiro atoms. The minimum Gasteiger partial charge on any atom is -0.297 e. The first-order valence-electron chi connectivity index (χ1n) is 6.78. The first-order valence-corrected chi connectivity index (χ1v) is 7.83. The fourth-order valence-electron chi connectivity index (χ4n) is 2.59. The highest BCUT2D eigenvalue weighted by Gasteiger charge is 2.27. The van der Waals surface area contributed by atoms with Crippen LogP contribution in [-0.4, -0.2) is 39.0 Å². The lowest BCUT2D eigenvalue weighted by Gasteiger charge is -2.23. The van der Waals surface area contributed by atoms with Gasteiger partial charge in [0.25, 0.3) is 0 Å². The van der Waals surface area contributed by atoms with E-state index in [1.165, 1.54) is 25.0 Å². The first-order chi connectivity index (χ1) is 8.69. The van der Waals surface area contributed by atoms with Crippen molar-refractivity contribution in [2.75, 3.05) is 12.8 Å². The summed E-state index contributed by atoms with van der Waals surface area (Å²) in [6, 6.07) is 0.720. The van der Waals surface area contributed by atoms with Gasteiger partial charge < -0.3 is 0 Å². The molecular formula is C14H23N3S. The van der Waals surface area contributed by atoms with Crippen LogP contribution >= 0.6 is 11.8 Å². The highest BCUT2D eigenvalue weighted by Crippen LogP contribution is 2.32. The summed E-state index contributed by atoms with van der Waals surface area (Å²) in [7, 11) is 2.21.